The molecule has 0 saturated carbocycles. The molecular formula is C27H23FN6O. The number of rotatable bonds is 7. The molecule has 0 fully saturated rings. The van der Waals surface area contributed by atoms with Crippen molar-refractivity contribution in [3.8, 4) is 22.5 Å². The van der Waals surface area contributed by atoms with E-state index in [1.54, 1.807) is 54.9 Å². The minimum atomic E-state index is -0.323. The van der Waals surface area contributed by atoms with Gasteiger partial charge >= 0.3 is 0 Å². The molecule has 1 amide bonds. The fourth-order valence-electron chi connectivity index (χ4n) is 3.84. The topological polar surface area (TPSA) is 110 Å². The summed E-state index contributed by atoms with van der Waals surface area (Å²) in [4.78, 5) is 29.6. The summed E-state index contributed by atoms with van der Waals surface area (Å²) in [6, 6.07) is 18.7. The Morgan fingerprint density at radius 2 is 1.60 bits per heavy atom. The first-order valence-electron chi connectivity index (χ1n) is 11.3. The smallest absolute Gasteiger partial charge is 0.251 e. The second-order valence-electron chi connectivity index (χ2n) is 8.15. The molecule has 0 radical (unpaired) electrons. The second-order valence-corrected chi connectivity index (χ2v) is 8.15. The van der Waals surface area contributed by atoms with Gasteiger partial charge in [-0.2, -0.15) is 0 Å². The maximum absolute atomic E-state index is 13.5. The molecule has 0 unspecified atom stereocenters. The third kappa shape index (κ3) is 5.01. The highest BCUT2D eigenvalue weighted by Gasteiger charge is 2.15. The molecule has 174 valence electrons. The number of benzene rings is 3. The summed E-state index contributed by atoms with van der Waals surface area (Å²) in [6.07, 6.45) is 5.02. The molecule has 0 spiro atoms. The molecule has 0 aliphatic carbocycles. The van der Waals surface area contributed by atoms with Crippen LogP contribution in [0.5, 0.6) is 0 Å². The molecule has 35 heavy (non-hydrogen) atoms. The molecule has 7 nitrogen and oxygen atoms in total. The van der Waals surface area contributed by atoms with Crippen LogP contribution in [0.25, 0.3) is 33.5 Å². The lowest BCUT2D eigenvalue weighted by atomic mass is 10.0. The van der Waals surface area contributed by atoms with Crippen LogP contribution in [0.1, 0.15) is 22.6 Å². The van der Waals surface area contributed by atoms with E-state index in [9.17, 15) is 9.18 Å². The first kappa shape index (κ1) is 22.2. The molecule has 0 aliphatic heterocycles. The zero-order valence-electron chi connectivity index (χ0n) is 18.8. The minimum Gasteiger partial charge on any atom is -0.399 e. The number of nitrogens with one attached hydrogen (secondary N) is 2. The van der Waals surface area contributed by atoms with Gasteiger partial charge in [-0.05, 0) is 61.0 Å². The van der Waals surface area contributed by atoms with Crippen LogP contribution in [0.15, 0.2) is 79.1 Å². The Labute approximate surface area is 201 Å². The lowest BCUT2D eigenvalue weighted by Gasteiger charge is -2.12. The van der Waals surface area contributed by atoms with Crippen LogP contribution in [0, 0.1) is 5.82 Å². The summed E-state index contributed by atoms with van der Waals surface area (Å²) in [5.74, 6) is 0.397. The SMILES string of the molecule is Nc1ccc(-c2nc3cc(C(=O)NCCCc4ncc[nH]4)ccc3nc2-c2ccc(F)cc2)cc1. The molecule has 0 atom stereocenters. The molecule has 0 bridgehead atoms. The summed E-state index contributed by atoms with van der Waals surface area (Å²) in [5.41, 5.74) is 11.0. The van der Waals surface area contributed by atoms with Gasteiger partial charge in [0.15, 0.2) is 0 Å². The summed E-state index contributed by atoms with van der Waals surface area (Å²) in [7, 11) is 0. The molecule has 2 aromatic heterocycles. The minimum absolute atomic E-state index is 0.176. The van der Waals surface area contributed by atoms with Gasteiger partial charge in [-0.25, -0.2) is 19.3 Å². The zero-order valence-corrected chi connectivity index (χ0v) is 18.8. The molecule has 4 N–H and O–H groups in total. The van der Waals surface area contributed by atoms with Gasteiger partial charge in [-0.1, -0.05) is 12.1 Å². The van der Waals surface area contributed by atoms with Crippen LogP contribution in [0.2, 0.25) is 0 Å². The molecule has 2 heterocycles. The Kier molecular flexibility index (Phi) is 6.17. The number of H-pyrrole nitrogens is 1. The van der Waals surface area contributed by atoms with Crippen LogP contribution in [0.3, 0.4) is 0 Å². The Balaban J connectivity index is 1.45. The number of nitrogen functional groups attached to an aromatic ring is 1. The van der Waals surface area contributed by atoms with E-state index < -0.39 is 0 Å². The van der Waals surface area contributed by atoms with Crippen LogP contribution >= 0.6 is 0 Å². The Morgan fingerprint density at radius 1 is 0.914 bits per heavy atom. The van der Waals surface area contributed by atoms with Gasteiger partial charge in [-0.3, -0.25) is 4.79 Å². The Hall–Kier alpha value is -4.59. The molecular weight excluding hydrogens is 443 g/mol. The fraction of sp³-hybridized carbons (Fsp3) is 0.111. The van der Waals surface area contributed by atoms with Crippen molar-refractivity contribution in [2.75, 3.05) is 12.3 Å². The number of fused-ring (bicyclic) bond motifs is 1. The number of imidazole rings is 1. The summed E-state index contributed by atoms with van der Waals surface area (Å²) in [5, 5.41) is 2.94. The zero-order chi connectivity index (χ0) is 24.2. The highest BCUT2D eigenvalue weighted by molar-refractivity contribution is 5.98. The van der Waals surface area contributed by atoms with E-state index in [0.29, 0.717) is 40.2 Å². The second kappa shape index (κ2) is 9.72. The van der Waals surface area contributed by atoms with Gasteiger partial charge in [0, 0.05) is 47.7 Å². The number of aromatic amines is 1. The van der Waals surface area contributed by atoms with Gasteiger partial charge in [0.1, 0.15) is 11.6 Å². The number of carbonyl (C=O) groups excluding carboxylic acids is 1. The van der Waals surface area contributed by atoms with Crippen molar-refractivity contribution in [3.63, 3.8) is 0 Å². The van der Waals surface area contributed by atoms with Crippen molar-refractivity contribution in [3.05, 3.63) is 96.3 Å². The number of hydrogen-bond donors (Lipinski definition) is 3. The quantitative estimate of drug-likeness (QED) is 0.236. The van der Waals surface area contributed by atoms with E-state index in [4.69, 9.17) is 15.7 Å². The van der Waals surface area contributed by atoms with Crippen LogP contribution in [-0.2, 0) is 6.42 Å². The maximum Gasteiger partial charge on any atom is 0.251 e. The number of amides is 1. The summed E-state index contributed by atoms with van der Waals surface area (Å²) >= 11 is 0. The lowest BCUT2D eigenvalue weighted by molar-refractivity contribution is 0.0953. The molecule has 8 heteroatoms. The standard InChI is InChI=1S/C27H23FN6O/c28-20-8-3-17(4-9-20)25-26(18-5-10-21(29)11-6-18)34-23-16-19(7-12-22(23)33-25)27(35)32-13-1-2-24-30-14-15-31-24/h3-12,14-16H,1-2,13,29H2,(H,30,31)(H,32,35). The highest BCUT2D eigenvalue weighted by Crippen LogP contribution is 2.31. The van der Waals surface area contributed by atoms with Gasteiger partial charge in [0.25, 0.3) is 5.91 Å². The van der Waals surface area contributed by atoms with Crippen LogP contribution in [-0.4, -0.2) is 32.4 Å². The lowest BCUT2D eigenvalue weighted by Crippen LogP contribution is -2.24. The number of nitrogens with two attached hydrogens (primary N) is 1. The third-order valence-corrected chi connectivity index (χ3v) is 5.66. The van der Waals surface area contributed by atoms with E-state index in [1.165, 1.54) is 12.1 Å². The van der Waals surface area contributed by atoms with Crippen molar-refractivity contribution >= 4 is 22.6 Å². The number of nitrogens with zero attached hydrogens (tertiary/aromatic N) is 3. The first-order chi connectivity index (χ1) is 17.1. The Bertz CT molecular complexity index is 1460. The van der Waals surface area contributed by atoms with E-state index in [0.717, 1.165) is 29.8 Å². The highest BCUT2D eigenvalue weighted by atomic mass is 19.1. The number of hydrogen-bond acceptors (Lipinski definition) is 5. The van der Waals surface area contributed by atoms with Crippen LogP contribution in [0.4, 0.5) is 10.1 Å². The first-order valence-corrected chi connectivity index (χ1v) is 11.3. The average molecular weight is 467 g/mol. The van der Waals surface area contributed by atoms with Crippen LogP contribution < -0.4 is 11.1 Å². The van der Waals surface area contributed by atoms with Crippen molar-refractivity contribution in [1.82, 2.24) is 25.3 Å². The van der Waals surface area contributed by atoms with Gasteiger partial charge in [0.2, 0.25) is 0 Å². The normalized spacial score (nSPS) is 11.0. The largest absolute Gasteiger partial charge is 0.399 e. The Morgan fingerprint density at radius 3 is 2.29 bits per heavy atom. The molecule has 5 aromatic rings. The molecule has 3 aromatic carbocycles. The number of halogens is 1. The average Bonchev–Trinajstić information content (AvgIpc) is 3.40. The third-order valence-electron chi connectivity index (χ3n) is 5.66. The van der Waals surface area contributed by atoms with E-state index in [2.05, 4.69) is 15.3 Å². The number of anilines is 1. The predicted octanol–water partition coefficient (Wildman–Crippen LogP) is 4.77. The van der Waals surface area contributed by atoms with Gasteiger partial charge in [0.05, 0.1) is 22.4 Å². The number of aromatic nitrogens is 4. The van der Waals surface area contributed by atoms with Crippen molar-refractivity contribution in [2.45, 2.75) is 12.8 Å². The molecule has 0 saturated heterocycles. The monoisotopic (exact) mass is 466 g/mol. The van der Waals surface area contributed by atoms with Crippen molar-refractivity contribution < 1.29 is 9.18 Å². The van der Waals surface area contributed by atoms with Gasteiger partial charge < -0.3 is 16.0 Å². The summed E-state index contributed by atoms with van der Waals surface area (Å²) < 4.78 is 13.5. The van der Waals surface area contributed by atoms with Gasteiger partial charge in [-0.15, -0.1) is 0 Å². The molecule has 0 aliphatic rings. The fourth-order valence-corrected chi connectivity index (χ4v) is 3.84. The molecule has 5 rings (SSSR count). The summed E-state index contributed by atoms with van der Waals surface area (Å²) in [6.45, 7) is 0.531. The van der Waals surface area contributed by atoms with Crippen molar-refractivity contribution in [1.29, 1.82) is 0 Å². The van der Waals surface area contributed by atoms with Crippen molar-refractivity contribution in [2.24, 2.45) is 0 Å². The number of aryl methyl sites for hydroxylation is 1. The maximum atomic E-state index is 13.5. The van der Waals surface area contributed by atoms with E-state index in [1.807, 2.05) is 12.1 Å². The van der Waals surface area contributed by atoms with E-state index in [-0.39, 0.29) is 11.7 Å². The van der Waals surface area contributed by atoms with E-state index >= 15 is 0 Å². The predicted molar refractivity (Wildman–Crippen MR) is 134 cm³/mol. The number of carbonyl (C=O) groups is 1.